The molecular formula is C20H24ClN3O5. The van der Waals surface area contributed by atoms with E-state index in [0.29, 0.717) is 23.6 Å². The van der Waals surface area contributed by atoms with E-state index in [2.05, 4.69) is 10.6 Å². The number of anilines is 1. The maximum atomic E-state index is 12.5. The monoisotopic (exact) mass is 421 g/mol. The highest BCUT2D eigenvalue weighted by Crippen LogP contribution is 2.35. The van der Waals surface area contributed by atoms with Gasteiger partial charge in [0.05, 0.1) is 0 Å². The Morgan fingerprint density at radius 1 is 1.28 bits per heavy atom. The van der Waals surface area contributed by atoms with Crippen molar-refractivity contribution in [3.05, 3.63) is 28.8 Å². The van der Waals surface area contributed by atoms with E-state index < -0.39 is 30.1 Å². The summed E-state index contributed by atoms with van der Waals surface area (Å²) in [4.78, 5) is 49.6. The zero-order chi connectivity index (χ0) is 21.0. The van der Waals surface area contributed by atoms with Gasteiger partial charge in [0.2, 0.25) is 0 Å². The molecule has 2 N–H and O–H groups in total. The van der Waals surface area contributed by atoms with Gasteiger partial charge in [0.1, 0.15) is 5.54 Å². The lowest BCUT2D eigenvalue weighted by Gasteiger charge is -2.19. The first-order valence-electron chi connectivity index (χ1n) is 9.66. The Morgan fingerprint density at radius 3 is 2.69 bits per heavy atom. The molecule has 1 saturated carbocycles. The maximum Gasteiger partial charge on any atom is 0.325 e. The maximum absolute atomic E-state index is 12.5. The number of aryl methyl sites for hydroxylation is 1. The van der Waals surface area contributed by atoms with Gasteiger partial charge < -0.3 is 15.4 Å². The number of benzene rings is 1. The molecule has 0 atom stereocenters. The van der Waals surface area contributed by atoms with Crippen LogP contribution in [0.2, 0.25) is 5.02 Å². The van der Waals surface area contributed by atoms with Crippen LogP contribution in [-0.4, -0.2) is 47.4 Å². The summed E-state index contributed by atoms with van der Waals surface area (Å²) in [7, 11) is 0. The van der Waals surface area contributed by atoms with Crippen molar-refractivity contribution in [1.82, 2.24) is 10.2 Å². The average molecular weight is 422 g/mol. The van der Waals surface area contributed by atoms with E-state index in [1.165, 1.54) is 4.90 Å². The number of rotatable bonds is 7. The molecule has 29 heavy (non-hydrogen) atoms. The van der Waals surface area contributed by atoms with Gasteiger partial charge in [0, 0.05) is 23.7 Å². The number of nitrogens with one attached hydrogen (secondary N) is 2. The molecule has 0 radical (unpaired) electrons. The lowest BCUT2D eigenvalue weighted by Crippen LogP contribution is -2.44. The molecule has 2 fully saturated rings. The minimum absolute atomic E-state index is 0.0112. The molecule has 1 spiro atoms. The van der Waals surface area contributed by atoms with Crippen LogP contribution in [0.15, 0.2) is 18.2 Å². The van der Waals surface area contributed by atoms with E-state index >= 15 is 0 Å². The summed E-state index contributed by atoms with van der Waals surface area (Å²) in [5, 5.41) is 6.02. The van der Waals surface area contributed by atoms with Gasteiger partial charge in [-0.25, -0.2) is 4.79 Å². The molecule has 4 amide bonds. The Kier molecular flexibility index (Phi) is 6.42. The zero-order valence-electron chi connectivity index (χ0n) is 16.3. The topological polar surface area (TPSA) is 105 Å². The van der Waals surface area contributed by atoms with Crippen molar-refractivity contribution in [3.8, 4) is 0 Å². The van der Waals surface area contributed by atoms with Gasteiger partial charge in [-0.1, -0.05) is 24.4 Å². The fourth-order valence-electron chi connectivity index (χ4n) is 3.75. The van der Waals surface area contributed by atoms with E-state index in [1.54, 1.807) is 25.1 Å². The number of ether oxygens (including phenoxy) is 1. The van der Waals surface area contributed by atoms with Crippen molar-refractivity contribution >= 4 is 41.1 Å². The number of hydrogen-bond acceptors (Lipinski definition) is 5. The first-order chi connectivity index (χ1) is 13.8. The molecule has 3 rings (SSSR count). The summed E-state index contributed by atoms with van der Waals surface area (Å²) in [6.45, 7) is 1.55. The molecule has 156 valence electrons. The molecule has 8 nitrogen and oxygen atoms in total. The van der Waals surface area contributed by atoms with Crippen LogP contribution < -0.4 is 10.6 Å². The zero-order valence-corrected chi connectivity index (χ0v) is 17.0. The molecule has 1 aliphatic heterocycles. The van der Waals surface area contributed by atoms with Crippen LogP contribution in [0, 0.1) is 6.92 Å². The third kappa shape index (κ3) is 4.87. The number of imide groups is 1. The number of urea groups is 1. The predicted molar refractivity (Wildman–Crippen MR) is 106 cm³/mol. The van der Waals surface area contributed by atoms with E-state index in [0.717, 1.165) is 18.4 Å². The normalized spacial score (nSPS) is 17.5. The first-order valence-corrected chi connectivity index (χ1v) is 10.0. The SMILES string of the molecule is Cc1cc(Cl)ccc1NC(=O)COC(=O)CCCN1C(=O)NC2(CCCC2)C1=O. The van der Waals surface area contributed by atoms with Gasteiger partial charge in [-0.05, 0) is 49.9 Å². The predicted octanol–water partition coefficient (Wildman–Crippen LogP) is 2.77. The van der Waals surface area contributed by atoms with Gasteiger partial charge in [-0.2, -0.15) is 0 Å². The van der Waals surface area contributed by atoms with Crippen molar-refractivity contribution in [1.29, 1.82) is 0 Å². The molecule has 9 heteroatoms. The number of carbonyl (C=O) groups is 4. The van der Waals surface area contributed by atoms with Crippen LogP contribution in [0.1, 0.15) is 44.1 Å². The van der Waals surface area contributed by atoms with E-state index in [4.69, 9.17) is 16.3 Å². The van der Waals surface area contributed by atoms with Crippen LogP contribution in [-0.2, 0) is 19.1 Å². The Morgan fingerprint density at radius 2 is 2.00 bits per heavy atom. The number of amides is 4. The van der Waals surface area contributed by atoms with E-state index in [-0.39, 0.29) is 25.3 Å². The van der Waals surface area contributed by atoms with E-state index in [1.807, 2.05) is 0 Å². The van der Waals surface area contributed by atoms with Crippen molar-refractivity contribution < 1.29 is 23.9 Å². The van der Waals surface area contributed by atoms with Gasteiger partial charge in [0.25, 0.3) is 11.8 Å². The van der Waals surface area contributed by atoms with Crippen molar-refractivity contribution in [2.75, 3.05) is 18.5 Å². The molecule has 0 aromatic heterocycles. The molecule has 2 aliphatic rings. The molecular weight excluding hydrogens is 398 g/mol. The summed E-state index contributed by atoms with van der Waals surface area (Å²) < 4.78 is 4.97. The summed E-state index contributed by atoms with van der Waals surface area (Å²) in [5.41, 5.74) is 0.649. The minimum atomic E-state index is -0.741. The second kappa shape index (κ2) is 8.82. The van der Waals surface area contributed by atoms with Crippen molar-refractivity contribution in [2.45, 2.75) is 51.0 Å². The van der Waals surface area contributed by atoms with Crippen LogP contribution >= 0.6 is 11.6 Å². The third-order valence-electron chi connectivity index (χ3n) is 5.29. The van der Waals surface area contributed by atoms with Crippen LogP contribution in [0.25, 0.3) is 0 Å². The minimum Gasteiger partial charge on any atom is -0.456 e. The first kappa shape index (κ1) is 21.1. The van der Waals surface area contributed by atoms with Crippen molar-refractivity contribution in [2.24, 2.45) is 0 Å². The fourth-order valence-corrected chi connectivity index (χ4v) is 3.98. The fraction of sp³-hybridized carbons (Fsp3) is 0.500. The summed E-state index contributed by atoms with van der Waals surface area (Å²) in [5.74, 6) is -1.22. The largest absolute Gasteiger partial charge is 0.456 e. The van der Waals surface area contributed by atoms with Gasteiger partial charge in [-0.3, -0.25) is 19.3 Å². The number of hydrogen-bond donors (Lipinski definition) is 2. The Labute approximate surface area is 173 Å². The van der Waals surface area contributed by atoms with Gasteiger partial charge in [0.15, 0.2) is 6.61 Å². The average Bonchev–Trinajstić information content (AvgIpc) is 3.23. The molecule has 1 saturated heterocycles. The number of nitrogens with zero attached hydrogens (tertiary/aromatic N) is 1. The second-order valence-corrected chi connectivity index (χ2v) is 7.88. The lowest BCUT2D eigenvalue weighted by molar-refractivity contribution is -0.147. The summed E-state index contributed by atoms with van der Waals surface area (Å²) in [6.07, 6.45) is 3.47. The molecule has 1 aromatic carbocycles. The molecule has 0 bridgehead atoms. The highest BCUT2D eigenvalue weighted by molar-refractivity contribution is 6.30. The standard InChI is InChI=1S/C20H24ClN3O5/c1-13-11-14(21)6-7-15(13)22-16(25)12-29-17(26)5-4-10-24-18(27)20(23-19(24)28)8-2-3-9-20/h6-7,11H,2-5,8-10,12H2,1H3,(H,22,25)(H,23,28). The lowest BCUT2D eigenvalue weighted by atomic mass is 9.98. The molecule has 1 heterocycles. The molecule has 0 unspecified atom stereocenters. The molecule has 1 aromatic rings. The third-order valence-corrected chi connectivity index (χ3v) is 5.53. The van der Waals surface area contributed by atoms with Gasteiger partial charge in [-0.15, -0.1) is 0 Å². The number of halogens is 1. The quantitative estimate of drug-likeness (QED) is 0.520. The summed E-state index contributed by atoms with van der Waals surface area (Å²) >= 11 is 5.87. The molecule has 1 aliphatic carbocycles. The van der Waals surface area contributed by atoms with Gasteiger partial charge >= 0.3 is 12.0 Å². The van der Waals surface area contributed by atoms with Crippen LogP contribution in [0.4, 0.5) is 10.5 Å². The smallest absolute Gasteiger partial charge is 0.325 e. The Hall–Kier alpha value is -2.61. The van der Waals surface area contributed by atoms with E-state index in [9.17, 15) is 19.2 Å². The highest BCUT2D eigenvalue weighted by atomic mass is 35.5. The Balaban J connectivity index is 1.38. The van der Waals surface area contributed by atoms with Crippen molar-refractivity contribution in [3.63, 3.8) is 0 Å². The second-order valence-electron chi connectivity index (χ2n) is 7.45. The summed E-state index contributed by atoms with van der Waals surface area (Å²) in [6, 6.07) is 4.64. The Bertz CT molecular complexity index is 835. The number of esters is 1. The highest BCUT2D eigenvalue weighted by Gasteiger charge is 2.52. The van der Waals surface area contributed by atoms with Crippen LogP contribution in [0.5, 0.6) is 0 Å². The number of carbonyl (C=O) groups excluding carboxylic acids is 4. The van der Waals surface area contributed by atoms with Crippen LogP contribution in [0.3, 0.4) is 0 Å².